The standard InChI is InChI=1S/C18H23N3O/c1-18(2,12-19-17(22)14-9-6-10-14)15-11-20-21-16(15)13-7-4-3-5-8-13/h3-5,7-8,11,14H,6,9-10,12H2,1-2H3,(H,19,22)(H,20,21). The van der Waals surface area contributed by atoms with Gasteiger partial charge in [0.25, 0.3) is 0 Å². The van der Waals surface area contributed by atoms with Crippen molar-refractivity contribution >= 4 is 5.91 Å². The quantitative estimate of drug-likeness (QED) is 0.890. The first-order valence-electron chi connectivity index (χ1n) is 7.95. The minimum atomic E-state index is -0.169. The Morgan fingerprint density at radius 1 is 1.32 bits per heavy atom. The van der Waals surface area contributed by atoms with Crippen molar-refractivity contribution in [2.24, 2.45) is 5.92 Å². The SMILES string of the molecule is CC(C)(CNC(=O)C1CCC1)c1cn[nH]c1-c1ccccc1. The van der Waals surface area contributed by atoms with Gasteiger partial charge in [0.15, 0.2) is 0 Å². The number of rotatable bonds is 5. The summed E-state index contributed by atoms with van der Waals surface area (Å²) in [7, 11) is 0. The molecule has 1 aromatic carbocycles. The normalized spacial score (nSPS) is 15.4. The fourth-order valence-electron chi connectivity index (χ4n) is 2.84. The number of carbonyl (C=O) groups is 1. The summed E-state index contributed by atoms with van der Waals surface area (Å²) < 4.78 is 0. The van der Waals surface area contributed by atoms with Gasteiger partial charge < -0.3 is 5.32 Å². The molecule has 1 heterocycles. The van der Waals surface area contributed by atoms with Crippen LogP contribution in [0.2, 0.25) is 0 Å². The van der Waals surface area contributed by atoms with Gasteiger partial charge in [0.2, 0.25) is 5.91 Å². The number of nitrogens with zero attached hydrogens (tertiary/aromatic N) is 1. The molecule has 0 atom stereocenters. The van der Waals surface area contributed by atoms with Crippen molar-refractivity contribution in [1.82, 2.24) is 15.5 Å². The number of aromatic amines is 1. The molecule has 1 saturated carbocycles. The fraction of sp³-hybridized carbons (Fsp3) is 0.444. The van der Waals surface area contributed by atoms with Crippen LogP contribution in [0.25, 0.3) is 11.3 Å². The average molecular weight is 297 g/mol. The van der Waals surface area contributed by atoms with Gasteiger partial charge in [0.05, 0.1) is 11.9 Å². The molecule has 0 spiro atoms. The van der Waals surface area contributed by atoms with Crippen molar-refractivity contribution in [3.05, 3.63) is 42.1 Å². The lowest BCUT2D eigenvalue weighted by molar-refractivity contribution is -0.127. The molecule has 116 valence electrons. The molecule has 0 saturated heterocycles. The summed E-state index contributed by atoms with van der Waals surface area (Å²) in [6.07, 6.45) is 5.12. The Kier molecular flexibility index (Phi) is 4.01. The molecule has 0 radical (unpaired) electrons. The molecule has 3 rings (SSSR count). The maximum atomic E-state index is 12.1. The summed E-state index contributed by atoms with van der Waals surface area (Å²) >= 11 is 0. The molecule has 0 aliphatic heterocycles. The lowest BCUT2D eigenvalue weighted by Gasteiger charge is -2.29. The first-order chi connectivity index (χ1) is 10.6. The Bertz CT molecular complexity index is 641. The Hall–Kier alpha value is -2.10. The van der Waals surface area contributed by atoms with Crippen LogP contribution in [-0.2, 0) is 10.2 Å². The molecule has 2 aromatic rings. The highest BCUT2D eigenvalue weighted by molar-refractivity contribution is 5.79. The zero-order valence-electron chi connectivity index (χ0n) is 13.2. The third-order valence-electron chi connectivity index (χ3n) is 4.61. The topological polar surface area (TPSA) is 57.8 Å². The molecule has 1 amide bonds. The first kappa shape index (κ1) is 14.8. The van der Waals surface area contributed by atoms with Gasteiger partial charge in [0.1, 0.15) is 0 Å². The van der Waals surface area contributed by atoms with Crippen molar-refractivity contribution in [2.75, 3.05) is 6.54 Å². The minimum absolute atomic E-state index is 0.169. The van der Waals surface area contributed by atoms with Crippen LogP contribution >= 0.6 is 0 Å². The second kappa shape index (κ2) is 5.95. The Balaban J connectivity index is 1.75. The average Bonchev–Trinajstić information content (AvgIpc) is 2.95. The fourth-order valence-corrected chi connectivity index (χ4v) is 2.84. The highest BCUT2D eigenvalue weighted by Gasteiger charge is 2.29. The van der Waals surface area contributed by atoms with E-state index in [1.165, 1.54) is 6.42 Å². The van der Waals surface area contributed by atoms with E-state index in [9.17, 15) is 4.79 Å². The van der Waals surface area contributed by atoms with Crippen LogP contribution < -0.4 is 5.32 Å². The summed E-state index contributed by atoms with van der Waals surface area (Å²) in [5, 5.41) is 10.4. The van der Waals surface area contributed by atoms with Crippen LogP contribution in [0.3, 0.4) is 0 Å². The lowest BCUT2D eigenvalue weighted by atomic mass is 9.82. The van der Waals surface area contributed by atoms with Crippen LogP contribution in [0.4, 0.5) is 0 Å². The van der Waals surface area contributed by atoms with E-state index >= 15 is 0 Å². The molecule has 1 fully saturated rings. The summed E-state index contributed by atoms with van der Waals surface area (Å²) in [4.78, 5) is 12.1. The van der Waals surface area contributed by atoms with Crippen molar-refractivity contribution in [1.29, 1.82) is 0 Å². The van der Waals surface area contributed by atoms with Gasteiger partial charge in [0, 0.05) is 23.4 Å². The number of amides is 1. The van der Waals surface area contributed by atoms with Crippen LogP contribution in [0.15, 0.2) is 36.5 Å². The summed E-state index contributed by atoms with van der Waals surface area (Å²) in [6, 6.07) is 10.2. The third-order valence-corrected chi connectivity index (χ3v) is 4.61. The highest BCUT2D eigenvalue weighted by atomic mass is 16.1. The third kappa shape index (κ3) is 2.91. The Morgan fingerprint density at radius 2 is 2.05 bits per heavy atom. The second-order valence-electron chi connectivity index (χ2n) is 6.75. The summed E-state index contributed by atoms with van der Waals surface area (Å²) in [5.74, 6) is 0.429. The summed E-state index contributed by atoms with van der Waals surface area (Å²) in [6.45, 7) is 4.92. The molecular weight excluding hydrogens is 274 g/mol. The number of hydrogen-bond donors (Lipinski definition) is 2. The Labute approximate surface area is 131 Å². The number of carbonyl (C=O) groups excluding carboxylic acids is 1. The van der Waals surface area contributed by atoms with Crippen molar-refractivity contribution in [3.8, 4) is 11.3 Å². The molecule has 1 aliphatic carbocycles. The lowest BCUT2D eigenvalue weighted by Crippen LogP contribution is -2.41. The maximum absolute atomic E-state index is 12.1. The predicted molar refractivity (Wildman–Crippen MR) is 87.4 cm³/mol. The van der Waals surface area contributed by atoms with Gasteiger partial charge in [-0.15, -0.1) is 0 Å². The van der Waals surface area contributed by atoms with Crippen molar-refractivity contribution in [3.63, 3.8) is 0 Å². The Morgan fingerprint density at radius 3 is 2.68 bits per heavy atom. The molecule has 4 heteroatoms. The van der Waals surface area contributed by atoms with E-state index in [4.69, 9.17) is 0 Å². The van der Waals surface area contributed by atoms with Gasteiger partial charge in [-0.3, -0.25) is 9.89 Å². The number of nitrogens with one attached hydrogen (secondary N) is 2. The zero-order chi connectivity index (χ0) is 15.6. The molecular formula is C18H23N3O. The van der Waals surface area contributed by atoms with E-state index in [0.29, 0.717) is 6.54 Å². The molecule has 0 bridgehead atoms. The van der Waals surface area contributed by atoms with E-state index in [1.54, 1.807) is 0 Å². The number of benzene rings is 1. The van der Waals surface area contributed by atoms with E-state index < -0.39 is 0 Å². The largest absolute Gasteiger partial charge is 0.355 e. The van der Waals surface area contributed by atoms with Gasteiger partial charge >= 0.3 is 0 Å². The molecule has 22 heavy (non-hydrogen) atoms. The number of H-pyrrole nitrogens is 1. The van der Waals surface area contributed by atoms with Gasteiger partial charge in [-0.25, -0.2) is 0 Å². The van der Waals surface area contributed by atoms with Gasteiger partial charge in [-0.2, -0.15) is 5.10 Å². The first-order valence-corrected chi connectivity index (χ1v) is 7.95. The van der Waals surface area contributed by atoms with Crippen LogP contribution in [0, 0.1) is 5.92 Å². The molecule has 2 N–H and O–H groups in total. The van der Waals surface area contributed by atoms with Crippen molar-refractivity contribution in [2.45, 2.75) is 38.5 Å². The summed E-state index contributed by atoms with van der Waals surface area (Å²) in [5.41, 5.74) is 3.11. The van der Waals surface area contributed by atoms with Gasteiger partial charge in [-0.1, -0.05) is 50.6 Å². The number of aromatic nitrogens is 2. The minimum Gasteiger partial charge on any atom is -0.355 e. The smallest absolute Gasteiger partial charge is 0.223 e. The van der Waals surface area contributed by atoms with E-state index in [-0.39, 0.29) is 17.2 Å². The molecule has 1 aromatic heterocycles. The monoisotopic (exact) mass is 297 g/mol. The molecule has 4 nitrogen and oxygen atoms in total. The maximum Gasteiger partial charge on any atom is 0.223 e. The van der Waals surface area contributed by atoms with E-state index in [0.717, 1.165) is 29.7 Å². The van der Waals surface area contributed by atoms with E-state index in [1.807, 2.05) is 24.4 Å². The van der Waals surface area contributed by atoms with Crippen LogP contribution in [-0.4, -0.2) is 22.6 Å². The zero-order valence-corrected chi connectivity index (χ0v) is 13.2. The van der Waals surface area contributed by atoms with Gasteiger partial charge in [-0.05, 0) is 18.4 Å². The highest BCUT2D eigenvalue weighted by Crippen LogP contribution is 2.32. The molecule has 1 aliphatic rings. The predicted octanol–water partition coefficient (Wildman–Crippen LogP) is 3.27. The van der Waals surface area contributed by atoms with E-state index in [2.05, 4.69) is 41.5 Å². The number of hydrogen-bond acceptors (Lipinski definition) is 2. The van der Waals surface area contributed by atoms with Crippen LogP contribution in [0.1, 0.15) is 38.7 Å². The second-order valence-corrected chi connectivity index (χ2v) is 6.75. The molecule has 0 unspecified atom stereocenters. The van der Waals surface area contributed by atoms with Crippen LogP contribution in [0.5, 0.6) is 0 Å². The van der Waals surface area contributed by atoms with Crippen molar-refractivity contribution < 1.29 is 4.79 Å².